The van der Waals surface area contributed by atoms with Crippen LogP contribution in [0.4, 0.5) is 33.3 Å². The number of aromatic nitrogens is 1. The summed E-state index contributed by atoms with van der Waals surface area (Å²) in [7, 11) is -3.86. The van der Waals surface area contributed by atoms with Gasteiger partial charge in [-0.25, -0.2) is 22.8 Å². The predicted octanol–water partition coefficient (Wildman–Crippen LogP) is 7.95. The number of rotatable bonds is 17. The maximum atomic E-state index is 14.3. The topological polar surface area (TPSA) is 197 Å². The van der Waals surface area contributed by atoms with Crippen molar-refractivity contribution in [2.24, 2.45) is 11.8 Å². The number of hydrogen-bond acceptors (Lipinski definition) is 12. The number of esters is 2. The summed E-state index contributed by atoms with van der Waals surface area (Å²) in [4.78, 5) is 39.4. The van der Waals surface area contributed by atoms with Crippen LogP contribution in [0.5, 0.6) is 11.5 Å². The molecule has 2 bridgehead atoms. The molecule has 1 unspecified atom stereocenters. The number of ether oxygens (including phenoxy) is 4. The van der Waals surface area contributed by atoms with E-state index >= 15 is 0 Å². The Hall–Kier alpha value is -5.64. The molecule has 1 saturated carbocycles. The van der Waals surface area contributed by atoms with Crippen LogP contribution in [0.1, 0.15) is 64.9 Å². The number of nitrogens with zero attached hydrogens (tertiary/aromatic N) is 2. The van der Waals surface area contributed by atoms with E-state index in [0.29, 0.717) is 16.8 Å². The van der Waals surface area contributed by atoms with E-state index in [4.69, 9.17) is 52.1 Å². The number of hydrogen-bond donors (Lipinski definition) is 3. The Morgan fingerprint density at radius 2 is 1.56 bits per heavy atom. The van der Waals surface area contributed by atoms with Gasteiger partial charge in [0.15, 0.2) is 29.9 Å². The molecule has 3 aliphatic heterocycles. The third kappa shape index (κ3) is 14.2. The van der Waals surface area contributed by atoms with Crippen LogP contribution < -0.4 is 24.2 Å². The average Bonchev–Trinajstić information content (AvgIpc) is 4.08. The van der Waals surface area contributed by atoms with Gasteiger partial charge in [0.05, 0.1) is 24.1 Å². The quantitative estimate of drug-likeness (QED) is 0.0399. The molecule has 1 aromatic heterocycles. The first kappa shape index (κ1) is 49.8. The molecule has 4 aromatic rings. The van der Waals surface area contributed by atoms with E-state index < -0.39 is 52.9 Å². The number of pyridine rings is 1. The number of alkyl halides is 5. The number of anilines is 2. The largest absolute Gasteiger partial charge is 0.619 e. The van der Waals surface area contributed by atoms with E-state index in [9.17, 15) is 45.2 Å². The molecular formula is C43H43Cl2F5N4O11S. The number of carbonyl (C=O) groups excluding carboxylic acids is 2. The van der Waals surface area contributed by atoms with Gasteiger partial charge in [-0.05, 0) is 92.1 Å². The van der Waals surface area contributed by atoms with Crippen molar-refractivity contribution in [3.05, 3.63) is 117 Å². The van der Waals surface area contributed by atoms with Gasteiger partial charge >= 0.3 is 30.7 Å². The first-order valence-corrected chi connectivity index (χ1v) is 22.9. The third-order valence-corrected chi connectivity index (χ3v) is 11.9. The summed E-state index contributed by atoms with van der Waals surface area (Å²) >= 11 is 12.9. The molecule has 66 heavy (non-hydrogen) atoms. The summed E-state index contributed by atoms with van der Waals surface area (Å²) in [5.74, 6) is -3.99. The molecule has 1 aliphatic carbocycles. The van der Waals surface area contributed by atoms with Crippen molar-refractivity contribution in [1.29, 1.82) is 0 Å². The molecular weight excluding hydrogens is 946 g/mol. The maximum absolute atomic E-state index is 14.3. The van der Waals surface area contributed by atoms with Gasteiger partial charge in [-0.1, -0.05) is 59.6 Å². The molecule has 4 aliphatic rings. The fraction of sp³-hybridized carbons (Fsp3) is 0.395. The number of fused-ring (bicyclic) bond motifs is 3. The molecule has 15 nitrogen and oxygen atoms in total. The van der Waals surface area contributed by atoms with Crippen LogP contribution in [0, 0.1) is 17.0 Å². The minimum Gasteiger partial charge on any atom is -0.619 e. The highest BCUT2D eigenvalue weighted by molar-refractivity contribution is 7.92. The van der Waals surface area contributed by atoms with Crippen molar-refractivity contribution in [2.75, 3.05) is 42.5 Å². The Morgan fingerprint density at radius 1 is 0.924 bits per heavy atom. The molecule has 0 radical (unpaired) electrons. The van der Waals surface area contributed by atoms with Gasteiger partial charge in [0.2, 0.25) is 10.0 Å². The first-order valence-electron chi connectivity index (χ1n) is 20.3. The fourth-order valence-electron chi connectivity index (χ4n) is 7.31. The number of carboxylic acid groups (broad SMARTS) is 1. The van der Waals surface area contributed by atoms with Gasteiger partial charge in [0.1, 0.15) is 22.3 Å². The third-order valence-electron chi connectivity index (χ3n) is 10.7. The predicted molar refractivity (Wildman–Crippen MR) is 229 cm³/mol. The molecule has 0 spiro atoms. The molecule has 3 saturated heterocycles. The van der Waals surface area contributed by atoms with Gasteiger partial charge in [0.25, 0.3) is 0 Å². The van der Waals surface area contributed by atoms with Gasteiger partial charge in [-0.15, -0.1) is 0 Å². The zero-order valence-corrected chi connectivity index (χ0v) is 37.1. The second kappa shape index (κ2) is 21.3. The van der Waals surface area contributed by atoms with Crippen molar-refractivity contribution in [2.45, 2.75) is 63.1 Å². The van der Waals surface area contributed by atoms with Crippen LogP contribution >= 0.6 is 23.2 Å². The standard InChI is InChI=1S/C41H42Cl2F2N4O9S.C2HF3O2/c1-59(53,54)47-30-16-28(15-29(18-30)46-38(26-5-3-2-4-6-26)40(51)57-37-22-48-13-11-25(37)12-14-48)39(50)56-35(19-31-32(42)20-49(52)21-33(31)43)27-9-10-34(58-41(44)45)36(17-27)55-23-24-7-8-24;3-2(4,5)1(6)7/h2-6,9-10,15-18,20-21,24-25,35,37-38,41,46-47H,7-8,11-14,19,22-23H2,1H3;(H,6,7)/t35-,37-,38?;/m0./s1. The number of sulfonamides is 1. The molecule has 8 rings (SSSR count). The lowest BCUT2D eigenvalue weighted by Gasteiger charge is -2.44. The van der Waals surface area contributed by atoms with E-state index in [2.05, 4.69) is 14.9 Å². The Balaban J connectivity index is 0.000000952. The fourth-order valence-corrected chi connectivity index (χ4v) is 8.46. The summed E-state index contributed by atoms with van der Waals surface area (Å²) in [6.45, 7) is -0.343. The Morgan fingerprint density at radius 3 is 2.12 bits per heavy atom. The lowest BCUT2D eigenvalue weighted by molar-refractivity contribution is -0.605. The minimum absolute atomic E-state index is 0.0127. The highest BCUT2D eigenvalue weighted by atomic mass is 35.5. The van der Waals surface area contributed by atoms with Crippen LogP contribution in [0.2, 0.25) is 10.0 Å². The zero-order chi connectivity index (χ0) is 47.9. The molecule has 4 fully saturated rings. The summed E-state index contributed by atoms with van der Waals surface area (Å²) in [5.41, 5.74) is 1.12. The van der Waals surface area contributed by atoms with Crippen molar-refractivity contribution in [3.8, 4) is 11.5 Å². The second-order valence-corrected chi connectivity index (χ2v) is 18.4. The number of carbonyl (C=O) groups is 3. The van der Waals surface area contributed by atoms with E-state index in [1.807, 2.05) is 0 Å². The number of piperidine rings is 3. The van der Waals surface area contributed by atoms with E-state index in [1.165, 1.54) is 36.4 Å². The van der Waals surface area contributed by atoms with Crippen LogP contribution in [-0.2, 0) is 35.5 Å². The van der Waals surface area contributed by atoms with Crippen LogP contribution in [0.25, 0.3) is 0 Å². The first-order chi connectivity index (χ1) is 31.1. The Labute approximate surface area is 385 Å². The molecule has 3 N–H and O–H groups in total. The number of benzene rings is 3. The lowest BCUT2D eigenvalue weighted by atomic mass is 9.86. The van der Waals surface area contributed by atoms with Gasteiger partial charge in [-0.2, -0.15) is 26.7 Å². The average molecular weight is 990 g/mol. The van der Waals surface area contributed by atoms with E-state index in [0.717, 1.165) is 57.4 Å². The SMILES string of the molecule is CS(=O)(=O)Nc1cc(NC(C(=O)O[C@H]2CN3CCC2CC3)c2ccccc2)cc(C(=O)O[C@@H](Cc2c(Cl)c[n+]([O-])cc2Cl)c2ccc(OC(F)F)c(OCC3CC3)c2)c1.O=C(O)C(F)(F)F. The highest BCUT2D eigenvalue weighted by Gasteiger charge is 2.39. The molecule has 3 aromatic carbocycles. The molecule has 4 heterocycles. The van der Waals surface area contributed by atoms with Gasteiger partial charge < -0.3 is 34.6 Å². The molecule has 356 valence electrons. The van der Waals surface area contributed by atoms with Crippen LogP contribution in [-0.4, -0.2) is 87.7 Å². The lowest BCUT2D eigenvalue weighted by Crippen LogP contribution is -2.52. The monoisotopic (exact) mass is 988 g/mol. The Bertz CT molecular complexity index is 2470. The number of halogens is 7. The molecule has 23 heteroatoms. The van der Waals surface area contributed by atoms with Crippen LogP contribution in [0.3, 0.4) is 0 Å². The summed E-state index contributed by atoms with van der Waals surface area (Å²) in [6, 6.07) is 16.0. The normalized spacial score (nSPS) is 18.8. The summed E-state index contributed by atoms with van der Waals surface area (Å²) in [6.07, 6.45) is 0.0215. The van der Waals surface area contributed by atoms with Crippen LogP contribution in [0.15, 0.2) is 79.1 Å². The summed E-state index contributed by atoms with van der Waals surface area (Å²) in [5, 5.41) is 22.3. The highest BCUT2D eigenvalue weighted by Crippen LogP contribution is 2.39. The minimum atomic E-state index is -5.08. The Kier molecular flexibility index (Phi) is 16.1. The van der Waals surface area contributed by atoms with Gasteiger partial charge in [-0.3, -0.25) is 9.62 Å². The number of aliphatic carboxylic acids is 1. The van der Waals surface area contributed by atoms with E-state index in [-0.39, 0.29) is 80.6 Å². The van der Waals surface area contributed by atoms with Crippen molar-refractivity contribution >= 4 is 62.5 Å². The van der Waals surface area contributed by atoms with Gasteiger partial charge in [0, 0.05) is 24.2 Å². The number of nitrogens with one attached hydrogen (secondary N) is 2. The van der Waals surface area contributed by atoms with Crippen molar-refractivity contribution < 1.29 is 73.5 Å². The molecule has 3 atom stereocenters. The van der Waals surface area contributed by atoms with E-state index in [1.54, 1.807) is 30.3 Å². The number of carboxylic acids is 1. The zero-order valence-electron chi connectivity index (χ0n) is 34.8. The summed E-state index contributed by atoms with van der Waals surface area (Å²) < 4.78 is 109. The van der Waals surface area contributed by atoms with Crippen molar-refractivity contribution in [3.63, 3.8) is 0 Å². The smallest absolute Gasteiger partial charge is 0.490 e. The second-order valence-electron chi connectivity index (χ2n) is 15.8. The maximum Gasteiger partial charge on any atom is 0.490 e. The molecule has 0 amide bonds. The van der Waals surface area contributed by atoms with Crippen molar-refractivity contribution in [1.82, 2.24) is 4.90 Å².